The van der Waals surface area contributed by atoms with Gasteiger partial charge in [0.05, 0.1) is 10.8 Å². The van der Waals surface area contributed by atoms with Crippen molar-refractivity contribution in [3.05, 3.63) is 86.5 Å². The maximum atomic E-state index is 12.8. The van der Waals surface area contributed by atoms with E-state index >= 15 is 0 Å². The van der Waals surface area contributed by atoms with Gasteiger partial charge in [0.1, 0.15) is 11.2 Å². The van der Waals surface area contributed by atoms with Gasteiger partial charge in [0, 0.05) is 22.3 Å². The molecule has 4 rings (SSSR count). The van der Waals surface area contributed by atoms with Crippen LogP contribution in [0, 0.1) is 13.8 Å². The lowest BCUT2D eigenvalue weighted by Crippen LogP contribution is -2.12. The van der Waals surface area contributed by atoms with Crippen molar-refractivity contribution < 1.29 is 9.21 Å². The number of carbonyl (C=O) groups is 1. The largest absolute Gasteiger partial charge is 0.455 e. The number of anilines is 1. The molecule has 134 valence electrons. The fraction of sp³-hybridized carbons (Fsp3) is 0.0909. The monoisotopic (exact) mass is 377 g/mol. The van der Waals surface area contributed by atoms with Crippen molar-refractivity contribution in [1.82, 2.24) is 0 Å². The molecule has 5 heteroatoms. The number of amides is 1. The van der Waals surface area contributed by atoms with Crippen LogP contribution in [0.15, 0.2) is 63.8 Å². The molecule has 0 aliphatic heterocycles. The maximum Gasteiger partial charge on any atom is 0.255 e. The van der Waals surface area contributed by atoms with E-state index in [9.17, 15) is 9.59 Å². The zero-order chi connectivity index (χ0) is 19.1. The lowest BCUT2D eigenvalue weighted by Gasteiger charge is -2.08. The molecule has 1 amide bonds. The van der Waals surface area contributed by atoms with Crippen molar-refractivity contribution in [2.24, 2.45) is 0 Å². The van der Waals surface area contributed by atoms with Crippen LogP contribution in [-0.2, 0) is 0 Å². The number of hydrogen-bond donors (Lipinski definition) is 1. The van der Waals surface area contributed by atoms with Crippen LogP contribution in [0.2, 0.25) is 5.02 Å². The molecule has 0 radical (unpaired) electrons. The highest BCUT2D eigenvalue weighted by Gasteiger charge is 2.12. The molecule has 27 heavy (non-hydrogen) atoms. The lowest BCUT2D eigenvalue weighted by molar-refractivity contribution is 0.102. The van der Waals surface area contributed by atoms with E-state index in [0.29, 0.717) is 38.2 Å². The number of aryl methyl sites for hydroxylation is 2. The lowest BCUT2D eigenvalue weighted by atomic mass is 10.1. The van der Waals surface area contributed by atoms with E-state index in [-0.39, 0.29) is 11.3 Å². The average Bonchev–Trinajstić information content (AvgIpc) is 2.63. The number of halogens is 1. The van der Waals surface area contributed by atoms with Crippen LogP contribution in [0.3, 0.4) is 0 Å². The molecule has 1 aromatic heterocycles. The van der Waals surface area contributed by atoms with E-state index in [1.54, 1.807) is 42.5 Å². The summed E-state index contributed by atoms with van der Waals surface area (Å²) in [6.45, 7) is 3.86. The van der Waals surface area contributed by atoms with Crippen LogP contribution >= 0.6 is 11.6 Å². The van der Waals surface area contributed by atoms with Gasteiger partial charge in [-0.15, -0.1) is 0 Å². The molecule has 3 aromatic carbocycles. The average molecular weight is 378 g/mol. The molecule has 0 fully saturated rings. The van der Waals surface area contributed by atoms with Crippen LogP contribution in [-0.4, -0.2) is 5.91 Å². The Balaban J connectivity index is 1.79. The quantitative estimate of drug-likeness (QED) is 0.471. The van der Waals surface area contributed by atoms with Crippen molar-refractivity contribution in [3.8, 4) is 0 Å². The molecule has 0 aliphatic carbocycles. The van der Waals surface area contributed by atoms with E-state index in [4.69, 9.17) is 16.0 Å². The summed E-state index contributed by atoms with van der Waals surface area (Å²) >= 11 is 5.94. The highest BCUT2D eigenvalue weighted by Crippen LogP contribution is 2.25. The Labute approximate surface area is 160 Å². The summed E-state index contributed by atoms with van der Waals surface area (Å²) in [5, 5.41) is 4.34. The molecular weight excluding hydrogens is 362 g/mol. The van der Waals surface area contributed by atoms with Crippen molar-refractivity contribution >= 4 is 45.1 Å². The highest BCUT2D eigenvalue weighted by molar-refractivity contribution is 6.31. The first-order valence-corrected chi connectivity index (χ1v) is 8.85. The molecule has 4 aromatic rings. The van der Waals surface area contributed by atoms with Crippen LogP contribution in [0.5, 0.6) is 0 Å². The van der Waals surface area contributed by atoms with Gasteiger partial charge in [-0.3, -0.25) is 9.59 Å². The fourth-order valence-corrected chi connectivity index (χ4v) is 3.41. The zero-order valence-corrected chi connectivity index (χ0v) is 15.6. The van der Waals surface area contributed by atoms with E-state index in [1.165, 1.54) is 0 Å². The van der Waals surface area contributed by atoms with Crippen molar-refractivity contribution in [1.29, 1.82) is 0 Å². The number of benzene rings is 3. The molecule has 0 saturated carbocycles. The second-order valence-corrected chi connectivity index (χ2v) is 7.00. The van der Waals surface area contributed by atoms with Crippen LogP contribution in [0.25, 0.3) is 21.9 Å². The zero-order valence-electron chi connectivity index (χ0n) is 14.8. The first kappa shape index (κ1) is 17.3. The molecule has 0 unspecified atom stereocenters. The van der Waals surface area contributed by atoms with Gasteiger partial charge in [-0.2, -0.15) is 0 Å². The SMILES string of the molecule is Cc1cc(C)c2oc3cc(NC(=O)c4cccc(Cl)c4)ccc3c(=O)c2c1. The number of fused-ring (bicyclic) bond motifs is 2. The molecule has 0 aliphatic rings. The third kappa shape index (κ3) is 3.20. The molecular formula is C22H16ClNO3. The Morgan fingerprint density at radius 2 is 1.81 bits per heavy atom. The van der Waals surface area contributed by atoms with Crippen LogP contribution in [0.1, 0.15) is 21.5 Å². The van der Waals surface area contributed by atoms with Gasteiger partial charge in [-0.1, -0.05) is 23.7 Å². The number of nitrogens with one attached hydrogen (secondary N) is 1. The summed E-state index contributed by atoms with van der Waals surface area (Å²) in [7, 11) is 0. The summed E-state index contributed by atoms with van der Waals surface area (Å²) in [6, 6.07) is 15.5. The molecule has 0 spiro atoms. The Kier molecular flexibility index (Phi) is 4.21. The maximum absolute atomic E-state index is 12.8. The fourth-order valence-electron chi connectivity index (χ4n) is 3.22. The van der Waals surface area contributed by atoms with Crippen LogP contribution in [0.4, 0.5) is 5.69 Å². The molecule has 0 saturated heterocycles. The van der Waals surface area contributed by atoms with Gasteiger partial charge < -0.3 is 9.73 Å². The molecule has 1 heterocycles. The summed E-state index contributed by atoms with van der Waals surface area (Å²) in [4.78, 5) is 25.2. The van der Waals surface area contributed by atoms with E-state index in [1.807, 2.05) is 26.0 Å². The van der Waals surface area contributed by atoms with E-state index in [0.717, 1.165) is 11.1 Å². The van der Waals surface area contributed by atoms with Crippen LogP contribution < -0.4 is 10.7 Å². The molecule has 4 nitrogen and oxygen atoms in total. The number of carbonyl (C=O) groups excluding carboxylic acids is 1. The Morgan fingerprint density at radius 3 is 2.59 bits per heavy atom. The molecule has 1 N–H and O–H groups in total. The smallest absolute Gasteiger partial charge is 0.255 e. The van der Waals surface area contributed by atoms with Gasteiger partial charge in [-0.25, -0.2) is 0 Å². The van der Waals surface area contributed by atoms with Gasteiger partial charge in [0.15, 0.2) is 0 Å². The van der Waals surface area contributed by atoms with Gasteiger partial charge >= 0.3 is 0 Å². The minimum absolute atomic E-state index is 0.0780. The van der Waals surface area contributed by atoms with Gasteiger partial charge in [0.2, 0.25) is 5.43 Å². The van der Waals surface area contributed by atoms with Crippen molar-refractivity contribution in [2.75, 3.05) is 5.32 Å². The third-order valence-electron chi connectivity index (χ3n) is 4.45. The van der Waals surface area contributed by atoms with Crippen molar-refractivity contribution in [3.63, 3.8) is 0 Å². The Bertz CT molecular complexity index is 1270. The standard InChI is InChI=1S/C22H16ClNO3/c1-12-8-13(2)21-18(9-12)20(25)17-7-6-16(11-19(17)27-21)24-22(26)14-4-3-5-15(23)10-14/h3-11H,1-2H3,(H,24,26). The summed E-state index contributed by atoms with van der Waals surface area (Å²) in [5.41, 5.74) is 3.83. The third-order valence-corrected chi connectivity index (χ3v) is 4.68. The van der Waals surface area contributed by atoms with Gasteiger partial charge in [-0.05, 0) is 61.4 Å². The van der Waals surface area contributed by atoms with E-state index in [2.05, 4.69) is 5.32 Å². The van der Waals surface area contributed by atoms with Crippen molar-refractivity contribution in [2.45, 2.75) is 13.8 Å². The van der Waals surface area contributed by atoms with E-state index < -0.39 is 0 Å². The first-order chi connectivity index (χ1) is 12.9. The minimum atomic E-state index is -0.285. The summed E-state index contributed by atoms with van der Waals surface area (Å²) in [6.07, 6.45) is 0. The first-order valence-electron chi connectivity index (χ1n) is 8.47. The molecule has 0 bridgehead atoms. The topological polar surface area (TPSA) is 59.3 Å². The normalized spacial score (nSPS) is 11.1. The second-order valence-electron chi connectivity index (χ2n) is 6.57. The molecule has 0 atom stereocenters. The second kappa shape index (κ2) is 6.56. The summed E-state index contributed by atoms with van der Waals surface area (Å²) < 4.78 is 5.99. The minimum Gasteiger partial charge on any atom is -0.455 e. The summed E-state index contributed by atoms with van der Waals surface area (Å²) in [5.74, 6) is -0.285. The Hall–Kier alpha value is -3.11. The predicted molar refractivity (Wildman–Crippen MR) is 109 cm³/mol. The highest BCUT2D eigenvalue weighted by atomic mass is 35.5. The Morgan fingerprint density at radius 1 is 1.00 bits per heavy atom. The number of rotatable bonds is 2. The number of hydrogen-bond acceptors (Lipinski definition) is 3. The predicted octanol–water partition coefficient (Wildman–Crippen LogP) is 5.47. The van der Waals surface area contributed by atoms with Gasteiger partial charge in [0.25, 0.3) is 5.91 Å².